The molecule has 0 N–H and O–H groups in total. The maximum atomic E-state index is 12.6. The lowest BCUT2D eigenvalue weighted by molar-refractivity contribution is -0.135. The Balaban J connectivity index is 2.02. The van der Waals surface area contributed by atoms with E-state index in [1.165, 1.54) is 22.7 Å². The summed E-state index contributed by atoms with van der Waals surface area (Å²) in [5.41, 5.74) is 1.07. The molecular formula is C16H25N3O3S. The largest absolute Gasteiger partial charge is 0.341 e. The van der Waals surface area contributed by atoms with E-state index in [4.69, 9.17) is 0 Å². The van der Waals surface area contributed by atoms with Gasteiger partial charge < -0.3 is 4.90 Å². The zero-order valence-corrected chi connectivity index (χ0v) is 14.8. The number of benzene rings is 1. The second kappa shape index (κ2) is 7.42. The molecule has 0 radical (unpaired) electrons. The summed E-state index contributed by atoms with van der Waals surface area (Å²) in [4.78, 5) is 14.3. The highest BCUT2D eigenvalue weighted by Gasteiger charge is 2.34. The van der Waals surface area contributed by atoms with Crippen LogP contribution in [0.2, 0.25) is 0 Å². The number of hydrogen-bond acceptors (Lipinski definition) is 3. The lowest BCUT2D eigenvalue weighted by Crippen LogP contribution is -2.48. The van der Waals surface area contributed by atoms with E-state index in [0.29, 0.717) is 19.5 Å². The van der Waals surface area contributed by atoms with Gasteiger partial charge in [-0.05, 0) is 18.4 Å². The maximum absolute atomic E-state index is 12.6. The first-order chi connectivity index (χ1) is 10.8. The molecule has 1 fully saturated rings. The molecule has 1 atom stereocenters. The lowest BCUT2D eigenvalue weighted by atomic mass is 9.98. The summed E-state index contributed by atoms with van der Waals surface area (Å²) in [6.07, 6.45) is 1.44. The SMILES string of the molecule is CN(Cc1ccccc1)C(=O)C1CCCN(S(=O)(=O)N(C)C)C1. The highest BCUT2D eigenvalue weighted by molar-refractivity contribution is 7.86. The van der Waals surface area contributed by atoms with Crippen molar-refractivity contribution in [2.24, 2.45) is 5.92 Å². The van der Waals surface area contributed by atoms with Crippen molar-refractivity contribution in [3.8, 4) is 0 Å². The second-order valence-electron chi connectivity index (χ2n) is 6.17. The van der Waals surface area contributed by atoms with E-state index in [1.54, 1.807) is 11.9 Å². The third-order valence-corrected chi connectivity index (χ3v) is 6.07. The van der Waals surface area contributed by atoms with Gasteiger partial charge in [0.1, 0.15) is 0 Å². The van der Waals surface area contributed by atoms with Crippen molar-refractivity contribution >= 4 is 16.1 Å². The Hall–Kier alpha value is -1.44. The lowest BCUT2D eigenvalue weighted by Gasteiger charge is -2.34. The van der Waals surface area contributed by atoms with Gasteiger partial charge in [0.25, 0.3) is 10.2 Å². The quantitative estimate of drug-likeness (QED) is 0.809. The van der Waals surface area contributed by atoms with Crippen molar-refractivity contribution in [2.45, 2.75) is 19.4 Å². The first-order valence-corrected chi connectivity index (χ1v) is 9.18. The van der Waals surface area contributed by atoms with Crippen LogP contribution in [0.25, 0.3) is 0 Å². The fourth-order valence-electron chi connectivity index (χ4n) is 2.83. The van der Waals surface area contributed by atoms with Crippen molar-refractivity contribution in [3.05, 3.63) is 35.9 Å². The minimum atomic E-state index is -3.46. The van der Waals surface area contributed by atoms with E-state index in [0.717, 1.165) is 12.0 Å². The van der Waals surface area contributed by atoms with Crippen LogP contribution in [0, 0.1) is 5.92 Å². The third kappa shape index (κ3) is 4.31. The Morgan fingerprint density at radius 3 is 2.48 bits per heavy atom. The normalized spacial score (nSPS) is 19.7. The van der Waals surface area contributed by atoms with Crippen LogP contribution in [0.5, 0.6) is 0 Å². The molecular weight excluding hydrogens is 314 g/mol. The van der Waals surface area contributed by atoms with Gasteiger partial charge in [0.05, 0.1) is 5.92 Å². The van der Waals surface area contributed by atoms with E-state index in [2.05, 4.69) is 0 Å². The minimum absolute atomic E-state index is 0.00695. The van der Waals surface area contributed by atoms with Gasteiger partial charge in [-0.15, -0.1) is 0 Å². The van der Waals surface area contributed by atoms with Crippen LogP contribution in [-0.4, -0.2) is 62.1 Å². The number of rotatable bonds is 5. The van der Waals surface area contributed by atoms with Gasteiger partial charge in [0.2, 0.25) is 5.91 Å². The van der Waals surface area contributed by atoms with Gasteiger partial charge >= 0.3 is 0 Å². The van der Waals surface area contributed by atoms with Crippen molar-refractivity contribution in [2.75, 3.05) is 34.2 Å². The number of carbonyl (C=O) groups excluding carboxylic acids is 1. The Kier molecular flexibility index (Phi) is 5.78. The predicted molar refractivity (Wildman–Crippen MR) is 89.8 cm³/mol. The number of carbonyl (C=O) groups is 1. The minimum Gasteiger partial charge on any atom is -0.341 e. The first kappa shape index (κ1) is 17.9. The summed E-state index contributed by atoms with van der Waals surface area (Å²) < 4.78 is 27.1. The fraction of sp³-hybridized carbons (Fsp3) is 0.562. The molecule has 0 aromatic heterocycles. The van der Waals surface area contributed by atoms with Crippen LogP contribution < -0.4 is 0 Å². The molecule has 1 aromatic carbocycles. The predicted octanol–water partition coefficient (Wildman–Crippen LogP) is 1.16. The summed E-state index contributed by atoms with van der Waals surface area (Å²) in [5.74, 6) is -0.264. The second-order valence-corrected chi connectivity index (χ2v) is 8.31. The Morgan fingerprint density at radius 2 is 1.87 bits per heavy atom. The molecule has 0 bridgehead atoms. The highest BCUT2D eigenvalue weighted by atomic mass is 32.2. The van der Waals surface area contributed by atoms with Crippen molar-refractivity contribution in [3.63, 3.8) is 0 Å². The van der Waals surface area contributed by atoms with Crippen LogP contribution >= 0.6 is 0 Å². The zero-order chi connectivity index (χ0) is 17.0. The molecule has 1 saturated heterocycles. The van der Waals surface area contributed by atoms with E-state index in [1.807, 2.05) is 30.3 Å². The van der Waals surface area contributed by atoms with Crippen LogP contribution in [0.15, 0.2) is 30.3 Å². The van der Waals surface area contributed by atoms with Crippen LogP contribution in [-0.2, 0) is 21.5 Å². The summed E-state index contributed by atoms with van der Waals surface area (Å²) in [5, 5.41) is 0. The number of nitrogens with zero attached hydrogens (tertiary/aromatic N) is 3. The van der Waals surface area contributed by atoms with E-state index in [-0.39, 0.29) is 18.4 Å². The molecule has 0 aliphatic carbocycles. The van der Waals surface area contributed by atoms with E-state index >= 15 is 0 Å². The number of amides is 1. The van der Waals surface area contributed by atoms with Crippen LogP contribution in [0.1, 0.15) is 18.4 Å². The molecule has 2 rings (SSSR count). The fourth-order valence-corrected chi connectivity index (χ4v) is 4.02. The molecule has 6 nitrogen and oxygen atoms in total. The molecule has 0 saturated carbocycles. The first-order valence-electron chi connectivity index (χ1n) is 7.79. The Labute approximate surface area is 138 Å². The molecule has 0 spiro atoms. The van der Waals surface area contributed by atoms with Gasteiger partial charge in [-0.2, -0.15) is 17.0 Å². The summed E-state index contributed by atoms with van der Waals surface area (Å²) in [7, 11) is 1.35. The maximum Gasteiger partial charge on any atom is 0.281 e. The molecule has 1 aromatic rings. The van der Waals surface area contributed by atoms with Crippen molar-refractivity contribution in [1.82, 2.24) is 13.5 Å². The monoisotopic (exact) mass is 339 g/mol. The topological polar surface area (TPSA) is 60.9 Å². The third-order valence-electron chi connectivity index (χ3n) is 4.16. The highest BCUT2D eigenvalue weighted by Crippen LogP contribution is 2.22. The molecule has 23 heavy (non-hydrogen) atoms. The molecule has 1 heterocycles. The smallest absolute Gasteiger partial charge is 0.281 e. The molecule has 128 valence electrons. The molecule has 1 aliphatic rings. The standard InChI is InChI=1S/C16H25N3O3S/c1-17(2)23(21,22)19-11-7-10-15(13-19)16(20)18(3)12-14-8-5-4-6-9-14/h4-6,8-9,15H,7,10-13H2,1-3H3. The molecule has 7 heteroatoms. The van der Waals surface area contributed by atoms with Crippen molar-refractivity contribution < 1.29 is 13.2 Å². The zero-order valence-electron chi connectivity index (χ0n) is 14.0. The summed E-state index contributed by atoms with van der Waals surface area (Å²) in [6, 6.07) is 9.79. The molecule has 1 amide bonds. The number of piperidine rings is 1. The number of hydrogen-bond donors (Lipinski definition) is 0. The summed E-state index contributed by atoms with van der Waals surface area (Å²) in [6.45, 7) is 1.28. The van der Waals surface area contributed by atoms with E-state index < -0.39 is 10.2 Å². The molecule has 1 unspecified atom stereocenters. The van der Waals surface area contributed by atoms with Crippen molar-refractivity contribution in [1.29, 1.82) is 0 Å². The van der Waals surface area contributed by atoms with Gasteiger partial charge in [0, 0.05) is 40.8 Å². The van der Waals surface area contributed by atoms with Crippen LogP contribution in [0.4, 0.5) is 0 Å². The summed E-state index contributed by atoms with van der Waals surface area (Å²) >= 11 is 0. The van der Waals surface area contributed by atoms with Crippen LogP contribution in [0.3, 0.4) is 0 Å². The van der Waals surface area contributed by atoms with Gasteiger partial charge in [-0.1, -0.05) is 30.3 Å². The molecule has 1 aliphatic heterocycles. The average molecular weight is 339 g/mol. The van der Waals surface area contributed by atoms with E-state index in [9.17, 15) is 13.2 Å². The average Bonchev–Trinajstić information content (AvgIpc) is 2.55. The van der Waals surface area contributed by atoms with Gasteiger partial charge in [-0.25, -0.2) is 0 Å². The Bertz CT molecular complexity index is 631. The van der Waals surface area contributed by atoms with Gasteiger partial charge in [-0.3, -0.25) is 4.79 Å². The van der Waals surface area contributed by atoms with Gasteiger partial charge in [0.15, 0.2) is 0 Å². The Morgan fingerprint density at radius 1 is 1.22 bits per heavy atom.